The summed E-state index contributed by atoms with van der Waals surface area (Å²) in [7, 11) is 0. The number of benzene rings is 1. The van der Waals surface area contributed by atoms with Crippen LogP contribution in [0.1, 0.15) is 31.9 Å². The molecule has 0 aromatic heterocycles. The summed E-state index contributed by atoms with van der Waals surface area (Å²) in [6, 6.07) is 7.89. The van der Waals surface area contributed by atoms with Gasteiger partial charge in [-0.25, -0.2) is 4.79 Å². The Kier molecular flexibility index (Phi) is 4.65. The summed E-state index contributed by atoms with van der Waals surface area (Å²) in [6.45, 7) is 4.92. The summed E-state index contributed by atoms with van der Waals surface area (Å²) in [5.74, 6) is -2.33. The smallest absolute Gasteiger partial charge is 0.379 e. The first-order valence-corrected chi connectivity index (χ1v) is 5.91. The van der Waals surface area contributed by atoms with E-state index in [1.807, 2.05) is 6.07 Å². The number of hydrogen-bond donors (Lipinski definition) is 1. The second-order valence-corrected chi connectivity index (χ2v) is 5.08. The third-order valence-corrected chi connectivity index (χ3v) is 2.18. The number of hydrogen-bond acceptors (Lipinski definition) is 5. The molecule has 0 aliphatic heterocycles. The van der Waals surface area contributed by atoms with E-state index in [-0.39, 0.29) is 5.76 Å². The lowest BCUT2D eigenvalue weighted by Crippen LogP contribution is -2.28. The number of aliphatic hydroxyl groups excluding tert-OH is 1. The standard InChI is InChI=1S/C15H15NO4/c1-15(2,3)20-14(19)13(18)8-12(17)11-6-4-10(9-16)5-7-11/h4-8,17H,1-3H3. The molecule has 0 heterocycles. The zero-order valence-electron chi connectivity index (χ0n) is 11.5. The lowest BCUT2D eigenvalue weighted by Gasteiger charge is -2.18. The zero-order valence-corrected chi connectivity index (χ0v) is 11.5. The number of rotatable bonds is 3. The maximum atomic E-state index is 11.6. The van der Waals surface area contributed by atoms with Crippen molar-refractivity contribution in [1.29, 1.82) is 5.26 Å². The van der Waals surface area contributed by atoms with Crippen molar-refractivity contribution in [1.82, 2.24) is 0 Å². The Bertz CT molecular complexity index is 586. The van der Waals surface area contributed by atoms with Crippen LogP contribution in [0, 0.1) is 11.3 Å². The molecule has 0 saturated heterocycles. The third kappa shape index (κ3) is 4.58. The van der Waals surface area contributed by atoms with Gasteiger partial charge in [0, 0.05) is 11.6 Å². The number of ketones is 1. The van der Waals surface area contributed by atoms with E-state index in [1.54, 1.807) is 20.8 Å². The van der Waals surface area contributed by atoms with Crippen molar-refractivity contribution < 1.29 is 19.4 Å². The van der Waals surface area contributed by atoms with Crippen LogP contribution in [0.25, 0.3) is 5.76 Å². The maximum absolute atomic E-state index is 11.6. The Labute approximate surface area is 117 Å². The largest absolute Gasteiger partial charge is 0.507 e. The van der Waals surface area contributed by atoms with Crippen molar-refractivity contribution in [3.05, 3.63) is 41.5 Å². The number of aliphatic hydroxyl groups is 1. The monoisotopic (exact) mass is 273 g/mol. The van der Waals surface area contributed by atoms with E-state index in [9.17, 15) is 14.7 Å². The normalized spacial score (nSPS) is 11.6. The van der Waals surface area contributed by atoms with Crippen molar-refractivity contribution in [2.45, 2.75) is 26.4 Å². The zero-order chi connectivity index (χ0) is 15.3. The van der Waals surface area contributed by atoms with Crippen LogP contribution in [0.4, 0.5) is 0 Å². The molecule has 5 nitrogen and oxygen atoms in total. The van der Waals surface area contributed by atoms with E-state index in [2.05, 4.69) is 0 Å². The molecule has 0 atom stereocenters. The fourth-order valence-electron chi connectivity index (χ4n) is 1.31. The second-order valence-electron chi connectivity index (χ2n) is 5.08. The summed E-state index contributed by atoms with van der Waals surface area (Å²) < 4.78 is 4.89. The SMILES string of the molecule is CC(C)(C)OC(=O)C(=O)C=C(O)c1ccc(C#N)cc1. The van der Waals surface area contributed by atoms with Crippen molar-refractivity contribution >= 4 is 17.5 Å². The van der Waals surface area contributed by atoms with Crippen LogP contribution in [-0.4, -0.2) is 22.5 Å². The lowest BCUT2D eigenvalue weighted by molar-refractivity contribution is -0.160. The van der Waals surface area contributed by atoms with E-state index in [1.165, 1.54) is 24.3 Å². The molecule has 1 aromatic rings. The van der Waals surface area contributed by atoms with Gasteiger partial charge in [-0.05, 0) is 45.0 Å². The highest BCUT2D eigenvalue weighted by atomic mass is 16.6. The van der Waals surface area contributed by atoms with Gasteiger partial charge >= 0.3 is 5.97 Å². The average molecular weight is 273 g/mol. The minimum atomic E-state index is -1.03. The van der Waals surface area contributed by atoms with Gasteiger partial charge in [0.05, 0.1) is 11.6 Å². The first kappa shape index (κ1) is 15.4. The van der Waals surface area contributed by atoms with Crippen LogP contribution < -0.4 is 0 Å². The van der Waals surface area contributed by atoms with Crippen LogP contribution >= 0.6 is 0 Å². The van der Waals surface area contributed by atoms with Crippen LogP contribution in [0.15, 0.2) is 30.3 Å². The van der Waals surface area contributed by atoms with Crippen LogP contribution in [0.5, 0.6) is 0 Å². The second kappa shape index (κ2) is 6.02. The summed E-state index contributed by atoms with van der Waals surface area (Å²) in [4.78, 5) is 23.0. The molecule has 104 valence electrons. The summed E-state index contributed by atoms with van der Waals surface area (Å²) in [6.07, 6.45) is 0.801. The topological polar surface area (TPSA) is 87.4 Å². The van der Waals surface area contributed by atoms with Gasteiger partial charge in [0.1, 0.15) is 11.4 Å². The van der Waals surface area contributed by atoms with Gasteiger partial charge in [-0.2, -0.15) is 5.26 Å². The van der Waals surface area contributed by atoms with Gasteiger partial charge in [0.2, 0.25) is 0 Å². The van der Waals surface area contributed by atoms with Gasteiger partial charge in [0.15, 0.2) is 0 Å². The number of nitrogens with zero attached hydrogens (tertiary/aromatic N) is 1. The Morgan fingerprint density at radius 1 is 1.25 bits per heavy atom. The van der Waals surface area contributed by atoms with Crippen LogP contribution in [0.3, 0.4) is 0 Å². The molecule has 5 heteroatoms. The molecule has 0 amide bonds. The summed E-state index contributed by atoms with van der Waals surface area (Å²) in [5.41, 5.74) is -0.00842. The van der Waals surface area contributed by atoms with Gasteiger partial charge in [-0.3, -0.25) is 4.79 Å². The molecule has 1 N–H and O–H groups in total. The van der Waals surface area contributed by atoms with Crippen LogP contribution in [-0.2, 0) is 14.3 Å². The number of ether oxygens (including phenoxy) is 1. The fourth-order valence-corrected chi connectivity index (χ4v) is 1.31. The highest BCUT2D eigenvalue weighted by molar-refractivity contribution is 6.39. The minimum absolute atomic E-state index is 0.334. The number of nitriles is 1. The molecule has 0 fully saturated rings. The Balaban J connectivity index is 2.85. The quantitative estimate of drug-likeness (QED) is 0.395. The number of carbonyl (C=O) groups is 2. The van der Waals surface area contributed by atoms with Crippen molar-refractivity contribution in [3.63, 3.8) is 0 Å². The molecule has 0 saturated carbocycles. The lowest BCUT2D eigenvalue weighted by atomic mass is 10.1. The predicted molar refractivity (Wildman–Crippen MR) is 72.6 cm³/mol. The Hall–Kier alpha value is -2.61. The molecule has 0 bridgehead atoms. The fraction of sp³-hybridized carbons (Fsp3) is 0.267. The Morgan fingerprint density at radius 3 is 2.25 bits per heavy atom. The highest BCUT2D eigenvalue weighted by Gasteiger charge is 2.21. The molecule has 0 unspecified atom stereocenters. The van der Waals surface area contributed by atoms with Crippen molar-refractivity contribution in [3.8, 4) is 6.07 Å². The maximum Gasteiger partial charge on any atom is 0.379 e. The summed E-state index contributed by atoms with van der Waals surface area (Å²) in [5, 5.41) is 18.4. The molecule has 1 aromatic carbocycles. The number of carbonyl (C=O) groups excluding carboxylic acids is 2. The minimum Gasteiger partial charge on any atom is -0.507 e. The van der Waals surface area contributed by atoms with E-state index in [4.69, 9.17) is 10.00 Å². The first-order chi connectivity index (χ1) is 9.23. The number of esters is 1. The molecular weight excluding hydrogens is 258 g/mol. The summed E-state index contributed by atoms with van der Waals surface area (Å²) >= 11 is 0. The molecule has 0 radical (unpaired) electrons. The average Bonchev–Trinajstić information content (AvgIpc) is 2.36. The molecule has 0 spiro atoms. The molecule has 20 heavy (non-hydrogen) atoms. The van der Waals surface area contributed by atoms with E-state index in [0.29, 0.717) is 11.1 Å². The predicted octanol–water partition coefficient (Wildman–Crippen LogP) is 2.37. The van der Waals surface area contributed by atoms with Gasteiger partial charge < -0.3 is 9.84 Å². The molecule has 1 rings (SSSR count). The molecular formula is C15H15NO4. The Morgan fingerprint density at radius 2 is 1.80 bits per heavy atom. The molecule has 0 aliphatic carbocycles. The van der Waals surface area contributed by atoms with E-state index < -0.39 is 17.4 Å². The van der Waals surface area contributed by atoms with E-state index in [0.717, 1.165) is 6.08 Å². The van der Waals surface area contributed by atoms with Crippen molar-refractivity contribution in [2.24, 2.45) is 0 Å². The van der Waals surface area contributed by atoms with Crippen LogP contribution in [0.2, 0.25) is 0 Å². The first-order valence-electron chi connectivity index (χ1n) is 5.91. The molecule has 0 aliphatic rings. The van der Waals surface area contributed by atoms with Gasteiger partial charge in [-0.15, -0.1) is 0 Å². The van der Waals surface area contributed by atoms with Gasteiger partial charge in [0.25, 0.3) is 5.78 Å². The van der Waals surface area contributed by atoms with Gasteiger partial charge in [-0.1, -0.05) is 0 Å². The van der Waals surface area contributed by atoms with Crippen molar-refractivity contribution in [2.75, 3.05) is 0 Å². The third-order valence-electron chi connectivity index (χ3n) is 2.18. The van der Waals surface area contributed by atoms with E-state index >= 15 is 0 Å². The highest BCUT2D eigenvalue weighted by Crippen LogP contribution is 2.13.